The Kier molecular flexibility index (Phi) is 10.0. The zero-order chi connectivity index (χ0) is 24.6. The molecule has 1 heterocycles. The van der Waals surface area contributed by atoms with Crippen LogP contribution in [0.3, 0.4) is 0 Å². The number of nitrogens with zero attached hydrogens (tertiary/aromatic N) is 2. The van der Waals surface area contributed by atoms with Gasteiger partial charge in [-0.15, -0.1) is 0 Å². The molecule has 0 aliphatic carbocycles. The van der Waals surface area contributed by atoms with E-state index < -0.39 is 22.2 Å². The maximum Gasteiger partial charge on any atom is 0.317 e. The molecule has 0 bridgehead atoms. The Morgan fingerprint density at radius 2 is 2.09 bits per heavy atom. The normalized spacial score (nSPS) is 20.8. The number of aliphatic hydroxyl groups excluding tert-OH is 1. The lowest BCUT2D eigenvalue weighted by Crippen LogP contribution is -2.51. The van der Waals surface area contributed by atoms with Crippen LogP contribution < -0.4 is 10.1 Å². The first kappa shape index (κ1) is 27.0. The fraction of sp³-hybridized carbons (Fsp3) is 0.625. The molecule has 33 heavy (non-hydrogen) atoms. The smallest absolute Gasteiger partial charge is 0.317 e. The van der Waals surface area contributed by atoms with Crippen molar-refractivity contribution in [2.24, 2.45) is 5.92 Å². The summed E-state index contributed by atoms with van der Waals surface area (Å²) >= 11 is 0. The summed E-state index contributed by atoms with van der Waals surface area (Å²) in [5, 5.41) is 12.6. The Hall–Kier alpha value is -2.28. The molecule has 0 unspecified atom stereocenters. The van der Waals surface area contributed by atoms with Crippen LogP contribution in [-0.2, 0) is 10.0 Å². The second-order valence-corrected chi connectivity index (χ2v) is 10.4. The number of carbonyl (C=O) groups is 1. The topological polar surface area (TPSA) is 99.2 Å². The van der Waals surface area contributed by atoms with Gasteiger partial charge in [0, 0.05) is 44.1 Å². The Bertz CT molecular complexity index is 970. The summed E-state index contributed by atoms with van der Waals surface area (Å²) in [7, 11) is -2.21. The van der Waals surface area contributed by atoms with E-state index in [9.17, 15) is 18.3 Å². The standard InChI is InChI=1S/C24H37N3O5S/c1-6-8-9-10-20-11-12-23-21(14-20)32-22(16-26(5)24(29)25-13-7-2)18(3)15-27(19(4)17-28)33(23,30)31/h11-12,14,18-19,22,28H,6-8,13,15-17H2,1-5H3,(H,25,29)/t18-,19+,22-/m1/s1. The van der Waals surface area contributed by atoms with Crippen LogP contribution in [0.1, 0.15) is 52.5 Å². The average molecular weight is 480 g/mol. The van der Waals surface area contributed by atoms with Gasteiger partial charge in [-0.3, -0.25) is 0 Å². The van der Waals surface area contributed by atoms with Gasteiger partial charge in [0.05, 0.1) is 13.2 Å². The van der Waals surface area contributed by atoms with E-state index in [2.05, 4.69) is 17.2 Å². The lowest BCUT2D eigenvalue weighted by atomic mass is 10.0. The summed E-state index contributed by atoms with van der Waals surface area (Å²) in [5.74, 6) is 6.11. The molecule has 3 atom stereocenters. The number of carbonyl (C=O) groups excluding carboxylic acids is 1. The van der Waals surface area contributed by atoms with Crippen molar-refractivity contribution >= 4 is 16.1 Å². The van der Waals surface area contributed by atoms with Crippen molar-refractivity contribution in [1.29, 1.82) is 0 Å². The van der Waals surface area contributed by atoms with Crippen molar-refractivity contribution in [1.82, 2.24) is 14.5 Å². The number of fused-ring (bicyclic) bond motifs is 1. The predicted molar refractivity (Wildman–Crippen MR) is 129 cm³/mol. The first-order chi connectivity index (χ1) is 15.6. The van der Waals surface area contributed by atoms with Gasteiger partial charge in [-0.2, -0.15) is 4.31 Å². The predicted octanol–water partition coefficient (Wildman–Crippen LogP) is 2.66. The van der Waals surface area contributed by atoms with Gasteiger partial charge in [0.15, 0.2) is 0 Å². The molecule has 0 saturated heterocycles. The number of hydrogen-bond donors (Lipinski definition) is 2. The van der Waals surface area contributed by atoms with Gasteiger partial charge in [-0.1, -0.05) is 32.6 Å². The molecule has 8 nitrogen and oxygen atoms in total. The maximum absolute atomic E-state index is 13.5. The van der Waals surface area contributed by atoms with Gasteiger partial charge in [-0.05, 0) is 38.0 Å². The average Bonchev–Trinajstić information content (AvgIpc) is 2.79. The molecule has 1 aliphatic rings. The highest BCUT2D eigenvalue weighted by Crippen LogP contribution is 2.34. The van der Waals surface area contributed by atoms with Crippen LogP contribution in [-0.4, -0.2) is 74.2 Å². The van der Waals surface area contributed by atoms with Crippen molar-refractivity contribution in [2.45, 2.75) is 64.0 Å². The van der Waals surface area contributed by atoms with Gasteiger partial charge in [0.1, 0.15) is 16.7 Å². The maximum atomic E-state index is 13.5. The second kappa shape index (κ2) is 12.3. The van der Waals surface area contributed by atoms with Gasteiger partial charge >= 0.3 is 6.03 Å². The van der Waals surface area contributed by atoms with E-state index in [1.54, 1.807) is 31.0 Å². The zero-order valence-electron chi connectivity index (χ0n) is 20.3. The molecule has 2 amide bonds. The lowest BCUT2D eigenvalue weighted by molar-refractivity contribution is 0.0812. The molecule has 1 aliphatic heterocycles. The molecule has 0 fully saturated rings. The highest BCUT2D eigenvalue weighted by Gasteiger charge is 2.38. The number of unbranched alkanes of at least 4 members (excludes halogenated alkanes) is 1. The number of ether oxygens (including phenoxy) is 1. The number of urea groups is 1. The fourth-order valence-corrected chi connectivity index (χ4v) is 5.36. The number of likely N-dealkylation sites (N-methyl/N-ethyl adjacent to an activating group) is 1. The molecule has 0 saturated carbocycles. The number of rotatable bonds is 7. The molecule has 2 N–H and O–H groups in total. The van der Waals surface area contributed by atoms with Crippen molar-refractivity contribution in [3.8, 4) is 17.6 Å². The van der Waals surface area contributed by atoms with Crippen molar-refractivity contribution in [3.05, 3.63) is 23.8 Å². The van der Waals surface area contributed by atoms with Gasteiger partial charge in [0.2, 0.25) is 10.0 Å². The highest BCUT2D eigenvalue weighted by atomic mass is 32.2. The summed E-state index contributed by atoms with van der Waals surface area (Å²) in [5.41, 5.74) is 0.667. The Labute approximate surface area is 198 Å². The van der Waals surface area contributed by atoms with E-state index in [1.807, 2.05) is 20.8 Å². The molecule has 1 aromatic rings. The number of sulfonamides is 1. The number of amides is 2. The molecular formula is C24H37N3O5S. The van der Waals surface area contributed by atoms with Crippen LogP contribution >= 0.6 is 0 Å². The minimum atomic E-state index is -3.90. The van der Waals surface area contributed by atoms with Crippen molar-refractivity contribution < 1.29 is 23.1 Å². The third kappa shape index (κ3) is 6.85. The number of benzene rings is 1. The van der Waals surface area contributed by atoms with Crippen molar-refractivity contribution in [3.63, 3.8) is 0 Å². The molecule has 1 aromatic carbocycles. The molecule has 0 spiro atoms. The highest BCUT2D eigenvalue weighted by molar-refractivity contribution is 7.89. The van der Waals surface area contributed by atoms with Crippen LogP contribution in [0.5, 0.6) is 5.75 Å². The Balaban J connectivity index is 2.48. The molecule has 9 heteroatoms. The van der Waals surface area contributed by atoms with Crippen LogP contribution in [0.15, 0.2) is 23.1 Å². The van der Waals surface area contributed by atoms with E-state index in [1.165, 1.54) is 10.4 Å². The van der Waals surface area contributed by atoms with E-state index >= 15 is 0 Å². The number of nitrogens with one attached hydrogen (secondary N) is 1. The molecule has 184 valence electrons. The second-order valence-electron chi connectivity index (χ2n) is 8.57. The fourth-order valence-electron chi connectivity index (χ4n) is 3.53. The summed E-state index contributed by atoms with van der Waals surface area (Å²) in [6.45, 7) is 8.32. The van der Waals surface area contributed by atoms with E-state index in [4.69, 9.17) is 4.74 Å². The molecule has 0 radical (unpaired) electrons. The largest absolute Gasteiger partial charge is 0.487 e. The van der Waals surface area contributed by atoms with Crippen LogP contribution in [0.25, 0.3) is 0 Å². The summed E-state index contributed by atoms with van der Waals surface area (Å²) in [4.78, 5) is 14.0. The summed E-state index contributed by atoms with van der Waals surface area (Å²) in [6, 6.07) is 4.04. The third-order valence-corrected chi connectivity index (χ3v) is 7.62. The van der Waals surface area contributed by atoms with E-state index in [0.29, 0.717) is 12.1 Å². The number of aliphatic hydroxyl groups is 1. The first-order valence-corrected chi connectivity index (χ1v) is 13.0. The summed E-state index contributed by atoms with van der Waals surface area (Å²) < 4.78 is 34.5. The SMILES string of the molecule is CCCC#Cc1ccc2c(c1)O[C@H](CN(C)C(=O)NCCC)[C@H](C)CN([C@@H](C)CO)S2(=O)=O. The van der Waals surface area contributed by atoms with Crippen LogP contribution in [0.4, 0.5) is 4.79 Å². The zero-order valence-corrected chi connectivity index (χ0v) is 21.1. The third-order valence-electron chi connectivity index (χ3n) is 5.60. The Morgan fingerprint density at radius 3 is 2.73 bits per heavy atom. The number of hydrogen-bond acceptors (Lipinski definition) is 5. The minimum Gasteiger partial charge on any atom is -0.487 e. The monoisotopic (exact) mass is 479 g/mol. The quantitative estimate of drug-likeness (QED) is 0.586. The summed E-state index contributed by atoms with van der Waals surface area (Å²) in [6.07, 6.45) is 2.05. The van der Waals surface area contributed by atoms with Gasteiger partial charge in [0.25, 0.3) is 0 Å². The first-order valence-electron chi connectivity index (χ1n) is 11.6. The minimum absolute atomic E-state index is 0.0406. The van der Waals surface area contributed by atoms with E-state index in [0.717, 1.165) is 19.3 Å². The van der Waals surface area contributed by atoms with Crippen molar-refractivity contribution in [2.75, 3.05) is 33.3 Å². The van der Waals surface area contributed by atoms with Crippen LogP contribution in [0, 0.1) is 17.8 Å². The molecule has 2 rings (SSSR count). The van der Waals surface area contributed by atoms with Gasteiger partial charge in [-0.25, -0.2) is 13.2 Å². The lowest BCUT2D eigenvalue weighted by Gasteiger charge is -2.37. The van der Waals surface area contributed by atoms with Crippen LogP contribution in [0.2, 0.25) is 0 Å². The van der Waals surface area contributed by atoms with E-state index in [-0.39, 0.29) is 42.3 Å². The molecular weight excluding hydrogens is 442 g/mol. The van der Waals surface area contributed by atoms with Gasteiger partial charge < -0.3 is 20.1 Å². The molecule has 0 aromatic heterocycles. The Morgan fingerprint density at radius 1 is 1.36 bits per heavy atom.